The third-order valence-electron chi connectivity index (χ3n) is 3.88. The van der Waals surface area contributed by atoms with Crippen molar-refractivity contribution in [1.29, 1.82) is 0 Å². The first-order chi connectivity index (χ1) is 11.7. The van der Waals surface area contributed by atoms with E-state index in [4.69, 9.17) is 4.42 Å². The van der Waals surface area contributed by atoms with Crippen molar-refractivity contribution in [3.05, 3.63) is 53.5 Å². The zero-order chi connectivity index (χ0) is 18.6. The second-order valence-corrected chi connectivity index (χ2v) is 8.09. The summed E-state index contributed by atoms with van der Waals surface area (Å²) < 4.78 is 33.2. The third-order valence-corrected chi connectivity index (χ3v) is 5.46. The van der Waals surface area contributed by atoms with Gasteiger partial charge >= 0.3 is 0 Å². The van der Waals surface area contributed by atoms with Gasteiger partial charge in [-0.25, -0.2) is 8.42 Å². The minimum absolute atomic E-state index is 0.192. The number of carbonyl (C=O) groups is 1. The highest BCUT2D eigenvalue weighted by atomic mass is 32.2. The van der Waals surface area contributed by atoms with Crippen LogP contribution in [-0.2, 0) is 21.4 Å². The number of nitrogens with one attached hydrogen (secondary N) is 2. The Kier molecular flexibility index (Phi) is 6.02. The van der Waals surface area contributed by atoms with Gasteiger partial charge in [-0.2, -0.15) is 4.72 Å². The van der Waals surface area contributed by atoms with Gasteiger partial charge in [0.05, 0.1) is 17.7 Å². The van der Waals surface area contributed by atoms with Crippen LogP contribution in [0.25, 0.3) is 0 Å². The lowest BCUT2D eigenvalue weighted by atomic mass is 10.1. The Balaban J connectivity index is 2.17. The summed E-state index contributed by atoms with van der Waals surface area (Å²) in [6.45, 7) is 7.36. The van der Waals surface area contributed by atoms with Crippen molar-refractivity contribution >= 4 is 15.9 Å². The van der Waals surface area contributed by atoms with Crippen LogP contribution in [0, 0.1) is 19.8 Å². The van der Waals surface area contributed by atoms with Gasteiger partial charge in [0.2, 0.25) is 15.9 Å². The summed E-state index contributed by atoms with van der Waals surface area (Å²) in [6, 6.07) is 7.81. The van der Waals surface area contributed by atoms with E-state index in [1.165, 1.54) is 6.26 Å². The number of benzene rings is 1. The summed E-state index contributed by atoms with van der Waals surface area (Å²) >= 11 is 0. The molecule has 0 saturated heterocycles. The van der Waals surface area contributed by atoms with Gasteiger partial charge in [0.25, 0.3) is 0 Å². The molecule has 0 aliphatic heterocycles. The van der Waals surface area contributed by atoms with Gasteiger partial charge in [-0.3, -0.25) is 4.79 Å². The monoisotopic (exact) mass is 364 g/mol. The van der Waals surface area contributed by atoms with Crippen LogP contribution in [0.2, 0.25) is 0 Å². The number of aryl methyl sites for hydroxylation is 2. The molecular weight excluding hydrogens is 340 g/mol. The summed E-state index contributed by atoms with van der Waals surface area (Å²) in [5.74, 6) is 0.00464. The Bertz CT molecular complexity index is 827. The fraction of sp³-hybridized carbons (Fsp3) is 0.389. The summed E-state index contributed by atoms with van der Waals surface area (Å²) in [4.78, 5) is 12.7. The molecule has 2 N–H and O–H groups in total. The lowest BCUT2D eigenvalue weighted by molar-refractivity contribution is -0.123. The van der Waals surface area contributed by atoms with Crippen molar-refractivity contribution < 1.29 is 17.6 Å². The number of amides is 1. The maximum atomic E-state index is 12.7. The van der Waals surface area contributed by atoms with Crippen LogP contribution < -0.4 is 10.0 Å². The highest BCUT2D eigenvalue weighted by molar-refractivity contribution is 7.89. The molecular formula is C18H24N2O4S. The molecule has 7 heteroatoms. The second-order valence-electron chi connectivity index (χ2n) is 6.41. The van der Waals surface area contributed by atoms with Crippen LogP contribution in [0.4, 0.5) is 0 Å². The number of hydrogen-bond acceptors (Lipinski definition) is 4. The van der Waals surface area contributed by atoms with Crippen molar-refractivity contribution in [1.82, 2.24) is 10.0 Å². The number of rotatable bonds is 7. The quantitative estimate of drug-likeness (QED) is 0.790. The molecule has 0 aliphatic carbocycles. The van der Waals surface area contributed by atoms with Gasteiger partial charge in [0.15, 0.2) is 0 Å². The maximum absolute atomic E-state index is 12.7. The molecule has 1 aromatic heterocycles. The molecule has 1 heterocycles. The largest absolute Gasteiger partial charge is 0.467 e. The van der Waals surface area contributed by atoms with Crippen LogP contribution in [0.5, 0.6) is 0 Å². The Morgan fingerprint density at radius 3 is 2.52 bits per heavy atom. The molecule has 2 aromatic rings. The van der Waals surface area contributed by atoms with Gasteiger partial charge in [-0.15, -0.1) is 0 Å². The molecule has 1 aromatic carbocycles. The van der Waals surface area contributed by atoms with Gasteiger partial charge < -0.3 is 9.73 Å². The molecule has 0 unspecified atom stereocenters. The highest BCUT2D eigenvalue weighted by Gasteiger charge is 2.29. The standard InChI is InChI=1S/C18H24N2O4S/c1-12(2)17(18(21)19-11-15-6-5-9-24-15)20-25(22,23)16-10-13(3)7-8-14(16)4/h5-10,12,17,20H,11H2,1-4H3,(H,19,21)/t17-/m1/s1. The fourth-order valence-corrected chi connectivity index (χ4v) is 4.09. The number of sulfonamides is 1. The average Bonchev–Trinajstić information content (AvgIpc) is 3.05. The van der Waals surface area contributed by atoms with Crippen molar-refractivity contribution in [3.63, 3.8) is 0 Å². The number of carbonyl (C=O) groups excluding carboxylic acids is 1. The minimum atomic E-state index is -3.81. The van der Waals surface area contributed by atoms with Gasteiger partial charge in [0, 0.05) is 0 Å². The molecule has 0 spiro atoms. The lowest BCUT2D eigenvalue weighted by Gasteiger charge is -2.22. The van der Waals surface area contributed by atoms with E-state index >= 15 is 0 Å². The zero-order valence-corrected chi connectivity index (χ0v) is 15.7. The van der Waals surface area contributed by atoms with Gasteiger partial charge in [-0.05, 0) is 49.1 Å². The third kappa shape index (κ3) is 4.93. The van der Waals surface area contributed by atoms with Crippen molar-refractivity contribution in [2.24, 2.45) is 5.92 Å². The summed E-state index contributed by atoms with van der Waals surface area (Å²) in [5, 5.41) is 2.71. The molecule has 25 heavy (non-hydrogen) atoms. The molecule has 0 fully saturated rings. The van der Waals surface area contributed by atoms with Crippen LogP contribution in [-0.4, -0.2) is 20.4 Å². The van der Waals surface area contributed by atoms with Crippen LogP contribution in [0.15, 0.2) is 45.9 Å². The maximum Gasteiger partial charge on any atom is 0.241 e. The predicted molar refractivity (Wildman–Crippen MR) is 95.4 cm³/mol. The normalized spacial score (nSPS) is 13.0. The average molecular weight is 364 g/mol. The van der Waals surface area contributed by atoms with E-state index < -0.39 is 16.1 Å². The lowest BCUT2D eigenvalue weighted by Crippen LogP contribution is -2.49. The number of hydrogen-bond donors (Lipinski definition) is 2. The molecule has 1 amide bonds. The zero-order valence-electron chi connectivity index (χ0n) is 14.9. The van der Waals surface area contributed by atoms with Crippen LogP contribution in [0.1, 0.15) is 30.7 Å². The summed E-state index contributed by atoms with van der Waals surface area (Å²) in [7, 11) is -3.81. The molecule has 0 bridgehead atoms. The van der Waals surface area contributed by atoms with E-state index in [-0.39, 0.29) is 23.3 Å². The topological polar surface area (TPSA) is 88.4 Å². The van der Waals surface area contributed by atoms with Gasteiger partial charge in [0.1, 0.15) is 11.8 Å². The molecule has 1 atom stereocenters. The molecule has 2 rings (SSSR count). The first-order valence-corrected chi connectivity index (χ1v) is 9.58. The van der Waals surface area contributed by atoms with E-state index in [1.807, 2.05) is 13.0 Å². The van der Waals surface area contributed by atoms with Gasteiger partial charge in [-0.1, -0.05) is 26.0 Å². The Labute approximate surface area is 148 Å². The van der Waals surface area contributed by atoms with E-state index in [2.05, 4.69) is 10.0 Å². The Morgan fingerprint density at radius 1 is 1.20 bits per heavy atom. The first-order valence-electron chi connectivity index (χ1n) is 8.10. The molecule has 0 radical (unpaired) electrons. The van der Waals surface area contributed by atoms with Crippen molar-refractivity contribution in [2.75, 3.05) is 0 Å². The smallest absolute Gasteiger partial charge is 0.241 e. The predicted octanol–water partition coefficient (Wildman–Crippen LogP) is 2.52. The Morgan fingerprint density at radius 2 is 1.92 bits per heavy atom. The first kappa shape index (κ1) is 19.2. The fourth-order valence-electron chi connectivity index (χ4n) is 2.42. The number of furan rings is 1. The summed E-state index contributed by atoms with van der Waals surface area (Å²) in [5.41, 5.74) is 1.48. The van der Waals surface area contributed by atoms with Crippen LogP contribution >= 0.6 is 0 Å². The van der Waals surface area contributed by atoms with E-state index in [0.29, 0.717) is 11.3 Å². The van der Waals surface area contributed by atoms with Crippen molar-refractivity contribution in [3.8, 4) is 0 Å². The summed E-state index contributed by atoms with van der Waals surface area (Å²) in [6.07, 6.45) is 1.52. The molecule has 0 aliphatic rings. The van der Waals surface area contributed by atoms with E-state index in [1.54, 1.807) is 45.0 Å². The van der Waals surface area contributed by atoms with E-state index in [0.717, 1.165) is 5.56 Å². The SMILES string of the molecule is Cc1ccc(C)c(S(=O)(=O)N[C@@H](C(=O)NCc2ccco2)C(C)C)c1. The molecule has 136 valence electrons. The van der Waals surface area contributed by atoms with Crippen molar-refractivity contribution in [2.45, 2.75) is 45.2 Å². The molecule has 0 saturated carbocycles. The van der Waals surface area contributed by atoms with Crippen LogP contribution in [0.3, 0.4) is 0 Å². The highest BCUT2D eigenvalue weighted by Crippen LogP contribution is 2.18. The van der Waals surface area contributed by atoms with E-state index in [9.17, 15) is 13.2 Å². The molecule has 6 nitrogen and oxygen atoms in total. The minimum Gasteiger partial charge on any atom is -0.467 e. The Hall–Kier alpha value is -2.12. The second kappa shape index (κ2) is 7.84.